The fourth-order valence-electron chi connectivity index (χ4n) is 1.81. The molecule has 20 heavy (non-hydrogen) atoms. The summed E-state index contributed by atoms with van der Waals surface area (Å²) in [6.45, 7) is 3.10. The highest BCUT2D eigenvalue weighted by molar-refractivity contribution is 9.10. The largest absolute Gasteiger partial charge is 0.416 e. The Morgan fingerprint density at radius 3 is 2.75 bits per heavy atom. The zero-order valence-electron chi connectivity index (χ0n) is 10.7. The van der Waals surface area contributed by atoms with Crippen molar-refractivity contribution in [3.8, 4) is 0 Å². The summed E-state index contributed by atoms with van der Waals surface area (Å²) >= 11 is 3.24. The van der Waals surface area contributed by atoms with Crippen LogP contribution in [0.1, 0.15) is 18.3 Å². The van der Waals surface area contributed by atoms with Crippen LogP contribution in [-0.2, 0) is 19.3 Å². The van der Waals surface area contributed by atoms with Crippen LogP contribution in [0.25, 0.3) is 0 Å². The molecule has 1 aromatic carbocycles. The van der Waals surface area contributed by atoms with E-state index in [1.54, 1.807) is 6.20 Å². The molecule has 0 aliphatic heterocycles. The molecule has 2 aromatic rings. The van der Waals surface area contributed by atoms with Crippen LogP contribution >= 0.6 is 15.9 Å². The lowest BCUT2D eigenvalue weighted by Gasteiger charge is -2.13. The minimum absolute atomic E-state index is 0.362. The smallest absolute Gasteiger partial charge is 0.377 e. The van der Waals surface area contributed by atoms with Gasteiger partial charge in [0.1, 0.15) is 5.82 Å². The Hall–Kier alpha value is -1.50. The molecule has 0 spiro atoms. The van der Waals surface area contributed by atoms with Crippen molar-refractivity contribution in [2.45, 2.75) is 26.2 Å². The van der Waals surface area contributed by atoms with Crippen molar-refractivity contribution in [3.05, 3.63) is 46.5 Å². The number of imidazole rings is 1. The monoisotopic (exact) mass is 347 g/mol. The summed E-state index contributed by atoms with van der Waals surface area (Å²) in [7, 11) is 0. The predicted molar refractivity (Wildman–Crippen MR) is 74.4 cm³/mol. The maximum atomic E-state index is 12.7. The number of rotatable bonds is 4. The summed E-state index contributed by atoms with van der Waals surface area (Å²) < 4.78 is 40.5. The number of nitrogens with one attached hydrogen (secondary N) is 1. The first-order chi connectivity index (χ1) is 9.41. The zero-order chi connectivity index (χ0) is 14.8. The second-order valence-electron chi connectivity index (χ2n) is 4.18. The van der Waals surface area contributed by atoms with E-state index in [2.05, 4.69) is 26.2 Å². The van der Waals surface area contributed by atoms with Crippen molar-refractivity contribution < 1.29 is 13.2 Å². The molecule has 0 amide bonds. The van der Waals surface area contributed by atoms with Gasteiger partial charge in [-0.1, -0.05) is 0 Å². The van der Waals surface area contributed by atoms with Gasteiger partial charge in [-0.2, -0.15) is 13.2 Å². The van der Waals surface area contributed by atoms with E-state index in [-0.39, 0.29) is 0 Å². The number of aryl methyl sites for hydroxylation is 1. The van der Waals surface area contributed by atoms with Crippen LogP contribution in [0.5, 0.6) is 0 Å². The van der Waals surface area contributed by atoms with E-state index in [9.17, 15) is 13.2 Å². The normalized spacial score (nSPS) is 11.7. The van der Waals surface area contributed by atoms with Crippen molar-refractivity contribution in [1.29, 1.82) is 0 Å². The molecular formula is C13H13BrF3N3. The Balaban J connectivity index is 2.17. The number of hydrogen-bond acceptors (Lipinski definition) is 2. The van der Waals surface area contributed by atoms with Gasteiger partial charge in [0.05, 0.1) is 12.1 Å². The topological polar surface area (TPSA) is 29.9 Å². The first-order valence-corrected chi connectivity index (χ1v) is 6.81. The van der Waals surface area contributed by atoms with Crippen LogP contribution < -0.4 is 5.32 Å². The van der Waals surface area contributed by atoms with Crippen LogP contribution in [-0.4, -0.2) is 9.55 Å². The van der Waals surface area contributed by atoms with Gasteiger partial charge in [-0.15, -0.1) is 0 Å². The van der Waals surface area contributed by atoms with Crippen molar-refractivity contribution in [1.82, 2.24) is 9.55 Å². The van der Waals surface area contributed by atoms with Crippen LogP contribution in [0, 0.1) is 0 Å². The van der Waals surface area contributed by atoms with E-state index >= 15 is 0 Å². The van der Waals surface area contributed by atoms with Crippen LogP contribution in [0.3, 0.4) is 0 Å². The lowest BCUT2D eigenvalue weighted by Crippen LogP contribution is -2.10. The summed E-state index contributed by atoms with van der Waals surface area (Å²) in [5.41, 5.74) is -0.285. The van der Waals surface area contributed by atoms with Gasteiger partial charge in [0.15, 0.2) is 0 Å². The summed E-state index contributed by atoms with van der Waals surface area (Å²) in [5, 5.41) is 2.97. The molecule has 0 unspecified atom stereocenters. The molecule has 0 atom stereocenters. The molecule has 1 aromatic heterocycles. The predicted octanol–water partition coefficient (Wildman–Crippen LogP) is 4.30. The molecule has 0 saturated heterocycles. The van der Waals surface area contributed by atoms with Crippen molar-refractivity contribution in [3.63, 3.8) is 0 Å². The van der Waals surface area contributed by atoms with Gasteiger partial charge in [0, 0.05) is 29.1 Å². The minimum Gasteiger partial charge on any atom is -0.377 e. The fourth-order valence-corrected chi connectivity index (χ4v) is 2.19. The molecule has 7 heteroatoms. The van der Waals surface area contributed by atoms with E-state index in [4.69, 9.17) is 0 Å². The van der Waals surface area contributed by atoms with Gasteiger partial charge in [-0.05, 0) is 41.1 Å². The average Bonchev–Trinajstić information content (AvgIpc) is 2.83. The number of alkyl halides is 3. The highest BCUT2D eigenvalue weighted by Gasteiger charge is 2.30. The van der Waals surface area contributed by atoms with E-state index in [0.29, 0.717) is 16.7 Å². The molecule has 108 valence electrons. The number of anilines is 1. The third-order valence-electron chi connectivity index (χ3n) is 2.87. The Bertz CT molecular complexity index is 593. The lowest BCUT2D eigenvalue weighted by atomic mass is 10.2. The molecule has 0 bridgehead atoms. The first kappa shape index (κ1) is 14.9. The van der Waals surface area contributed by atoms with Crippen molar-refractivity contribution >= 4 is 21.6 Å². The quantitative estimate of drug-likeness (QED) is 0.893. The van der Waals surface area contributed by atoms with Gasteiger partial charge in [-0.3, -0.25) is 0 Å². The number of benzene rings is 1. The highest BCUT2D eigenvalue weighted by Crippen LogP contribution is 2.34. The molecule has 0 fully saturated rings. The van der Waals surface area contributed by atoms with Crippen molar-refractivity contribution in [2.24, 2.45) is 0 Å². The molecule has 0 aliphatic carbocycles. The minimum atomic E-state index is -4.35. The third kappa shape index (κ3) is 3.33. The molecule has 2 rings (SSSR count). The maximum absolute atomic E-state index is 12.7. The number of nitrogens with zero attached hydrogens (tertiary/aromatic N) is 2. The number of aromatic nitrogens is 2. The third-order valence-corrected chi connectivity index (χ3v) is 3.56. The SMILES string of the molecule is CCn1ccnc1CNc1cc(C(F)(F)F)ccc1Br. The van der Waals surface area contributed by atoms with Crippen molar-refractivity contribution in [2.75, 3.05) is 5.32 Å². The second kappa shape index (κ2) is 5.87. The van der Waals surface area contributed by atoms with Crippen LogP contribution in [0.15, 0.2) is 35.1 Å². The molecule has 3 nitrogen and oxygen atoms in total. The zero-order valence-corrected chi connectivity index (χ0v) is 12.3. The van der Waals surface area contributed by atoms with Gasteiger partial charge >= 0.3 is 6.18 Å². The maximum Gasteiger partial charge on any atom is 0.416 e. The standard InChI is InChI=1S/C13H13BrF3N3/c1-2-20-6-5-18-12(20)8-19-11-7-9(13(15,16)17)3-4-10(11)14/h3-7,19H,2,8H2,1H3. The molecule has 1 N–H and O–H groups in total. The highest BCUT2D eigenvalue weighted by atomic mass is 79.9. The summed E-state index contributed by atoms with van der Waals surface area (Å²) in [6.07, 6.45) is -0.848. The Morgan fingerprint density at radius 2 is 2.10 bits per heavy atom. The molecular weight excluding hydrogens is 335 g/mol. The van der Waals surface area contributed by atoms with E-state index in [1.807, 2.05) is 17.7 Å². The summed E-state index contributed by atoms with van der Waals surface area (Å²) in [4.78, 5) is 4.17. The molecule has 0 aliphatic rings. The Labute approximate surface area is 123 Å². The molecule has 1 heterocycles. The van der Waals surface area contributed by atoms with Crippen LogP contribution in [0.4, 0.5) is 18.9 Å². The first-order valence-electron chi connectivity index (χ1n) is 6.02. The average molecular weight is 348 g/mol. The Kier molecular flexibility index (Phi) is 4.37. The van der Waals surface area contributed by atoms with E-state index < -0.39 is 11.7 Å². The van der Waals surface area contributed by atoms with E-state index in [0.717, 1.165) is 24.5 Å². The number of halogens is 4. The summed E-state index contributed by atoms with van der Waals surface area (Å²) in [5.74, 6) is 0.775. The second-order valence-corrected chi connectivity index (χ2v) is 5.03. The lowest BCUT2D eigenvalue weighted by molar-refractivity contribution is -0.137. The van der Waals surface area contributed by atoms with Gasteiger partial charge in [-0.25, -0.2) is 4.98 Å². The molecule has 0 saturated carbocycles. The summed E-state index contributed by atoms with van der Waals surface area (Å²) in [6, 6.07) is 3.52. The fraction of sp³-hybridized carbons (Fsp3) is 0.308. The number of hydrogen-bond donors (Lipinski definition) is 1. The van der Waals surface area contributed by atoms with Gasteiger partial charge in [0.25, 0.3) is 0 Å². The Morgan fingerprint density at radius 1 is 1.35 bits per heavy atom. The van der Waals surface area contributed by atoms with Crippen LogP contribution in [0.2, 0.25) is 0 Å². The van der Waals surface area contributed by atoms with Gasteiger partial charge in [0.2, 0.25) is 0 Å². The van der Waals surface area contributed by atoms with E-state index in [1.165, 1.54) is 6.07 Å². The molecule has 0 radical (unpaired) electrons. The van der Waals surface area contributed by atoms with Gasteiger partial charge < -0.3 is 9.88 Å².